The molecule has 0 saturated heterocycles. The lowest BCUT2D eigenvalue weighted by Gasteiger charge is -2.00. The molecule has 0 saturated carbocycles. The topological polar surface area (TPSA) is 93.1 Å². The van der Waals surface area contributed by atoms with Crippen LogP contribution in [0.2, 0.25) is 0 Å². The zero-order chi connectivity index (χ0) is 16.4. The Balaban J connectivity index is 2.60. The fraction of sp³-hybridized carbons (Fsp3) is 0.250. The van der Waals surface area contributed by atoms with Crippen LogP contribution >= 0.6 is 0 Å². The van der Waals surface area contributed by atoms with E-state index >= 15 is 0 Å². The van der Waals surface area contributed by atoms with Crippen LogP contribution in [0.1, 0.15) is 11.1 Å². The molecule has 1 atom stereocenters. The van der Waals surface area contributed by atoms with Crippen molar-refractivity contribution in [2.45, 2.75) is 6.10 Å². The van der Waals surface area contributed by atoms with Gasteiger partial charge in [0, 0.05) is 18.2 Å². The van der Waals surface area contributed by atoms with Gasteiger partial charge in [0.1, 0.15) is 13.2 Å². The van der Waals surface area contributed by atoms with Gasteiger partial charge in [-0.05, 0) is 24.3 Å². The molecule has 2 N–H and O–H groups in total. The number of benzene rings is 1. The summed E-state index contributed by atoms with van der Waals surface area (Å²) in [6.07, 6.45) is -1.16. The lowest BCUT2D eigenvalue weighted by Crippen LogP contribution is -2.19. The summed E-state index contributed by atoms with van der Waals surface area (Å²) in [5.41, 5.74) is 1.35. The SMILES string of the molecule is COC(C#Cc1ccc(C#CCOCC(=O)O)cc1)C(=O)O. The lowest BCUT2D eigenvalue weighted by molar-refractivity contribution is -0.145. The summed E-state index contributed by atoms with van der Waals surface area (Å²) in [5, 5.41) is 17.1. The van der Waals surface area contributed by atoms with E-state index in [4.69, 9.17) is 19.7 Å². The van der Waals surface area contributed by atoms with Crippen molar-refractivity contribution >= 4 is 11.9 Å². The van der Waals surface area contributed by atoms with Gasteiger partial charge in [-0.3, -0.25) is 0 Å². The third kappa shape index (κ3) is 6.58. The minimum Gasteiger partial charge on any atom is -0.480 e. The second kappa shape index (κ2) is 9.19. The molecule has 6 heteroatoms. The summed E-state index contributed by atoms with van der Waals surface area (Å²) in [5.74, 6) is 8.50. The molecule has 0 aromatic heterocycles. The molecule has 22 heavy (non-hydrogen) atoms. The van der Waals surface area contributed by atoms with Crippen LogP contribution in [0, 0.1) is 23.7 Å². The molecular weight excluding hydrogens is 288 g/mol. The number of carboxylic acid groups (broad SMARTS) is 2. The summed E-state index contributed by atoms with van der Waals surface area (Å²) in [6.45, 7) is -0.352. The van der Waals surface area contributed by atoms with Gasteiger partial charge in [0.05, 0.1) is 0 Å². The highest BCUT2D eigenvalue weighted by Gasteiger charge is 2.11. The number of hydrogen-bond donors (Lipinski definition) is 2. The fourth-order valence-electron chi connectivity index (χ4n) is 1.33. The molecular formula is C16H14O6. The number of carboxylic acids is 2. The maximum atomic E-state index is 10.7. The molecule has 0 fully saturated rings. The first-order chi connectivity index (χ1) is 10.5. The van der Waals surface area contributed by atoms with Crippen LogP contribution < -0.4 is 0 Å². The van der Waals surface area contributed by atoms with Gasteiger partial charge in [0.2, 0.25) is 6.10 Å². The molecule has 114 valence electrons. The Kier molecular flexibility index (Phi) is 7.21. The molecule has 0 aliphatic carbocycles. The highest BCUT2D eigenvalue weighted by molar-refractivity contribution is 5.76. The fourth-order valence-corrected chi connectivity index (χ4v) is 1.33. The molecule has 0 aliphatic heterocycles. The molecule has 0 heterocycles. The van der Waals surface area contributed by atoms with Gasteiger partial charge in [0.25, 0.3) is 0 Å². The summed E-state index contributed by atoms with van der Waals surface area (Å²) < 4.78 is 9.47. The summed E-state index contributed by atoms with van der Waals surface area (Å²) in [6, 6.07) is 6.83. The first kappa shape index (κ1) is 17.3. The van der Waals surface area contributed by atoms with Gasteiger partial charge in [-0.1, -0.05) is 23.7 Å². The smallest absolute Gasteiger partial charge is 0.345 e. The quantitative estimate of drug-likeness (QED) is 0.611. The number of rotatable bonds is 5. The van der Waals surface area contributed by atoms with Crippen LogP contribution in [-0.2, 0) is 19.1 Å². The zero-order valence-electron chi connectivity index (χ0n) is 11.8. The van der Waals surface area contributed by atoms with Crippen LogP contribution in [-0.4, -0.2) is 48.6 Å². The van der Waals surface area contributed by atoms with E-state index in [1.54, 1.807) is 24.3 Å². The highest BCUT2D eigenvalue weighted by atomic mass is 16.5. The van der Waals surface area contributed by atoms with Gasteiger partial charge < -0.3 is 19.7 Å². The van der Waals surface area contributed by atoms with Crippen molar-refractivity contribution < 1.29 is 29.3 Å². The lowest BCUT2D eigenvalue weighted by atomic mass is 10.1. The second-order valence-corrected chi connectivity index (χ2v) is 3.99. The average molecular weight is 302 g/mol. The van der Waals surface area contributed by atoms with Gasteiger partial charge in [-0.2, -0.15) is 0 Å². The summed E-state index contributed by atoms with van der Waals surface area (Å²) in [4.78, 5) is 20.9. The molecule has 0 aliphatic rings. The van der Waals surface area contributed by atoms with E-state index in [-0.39, 0.29) is 13.2 Å². The first-order valence-corrected chi connectivity index (χ1v) is 6.18. The average Bonchev–Trinajstić information content (AvgIpc) is 2.48. The number of methoxy groups -OCH3 is 1. The molecule has 0 radical (unpaired) electrons. The van der Waals surface area contributed by atoms with Gasteiger partial charge in [-0.15, -0.1) is 0 Å². The highest BCUT2D eigenvalue weighted by Crippen LogP contribution is 2.02. The number of ether oxygens (including phenoxy) is 2. The first-order valence-electron chi connectivity index (χ1n) is 6.18. The Morgan fingerprint density at radius 1 is 1.14 bits per heavy atom. The molecule has 6 nitrogen and oxygen atoms in total. The Morgan fingerprint density at radius 2 is 1.73 bits per heavy atom. The van der Waals surface area contributed by atoms with Gasteiger partial charge >= 0.3 is 11.9 Å². The van der Waals surface area contributed by atoms with E-state index in [1.165, 1.54) is 7.11 Å². The number of aliphatic carboxylic acids is 2. The standard InChI is InChI=1S/C16H14O6/c1-21-14(16(19)20)9-8-13-6-4-12(5-7-13)3-2-10-22-11-15(17)18/h4-7,14H,10-11H2,1H3,(H,17,18)(H,19,20). The molecule has 1 aromatic rings. The number of hydrogen-bond acceptors (Lipinski definition) is 4. The van der Waals surface area contributed by atoms with Gasteiger partial charge in [0.15, 0.2) is 0 Å². The van der Waals surface area contributed by atoms with E-state index < -0.39 is 18.0 Å². The van der Waals surface area contributed by atoms with Crippen molar-refractivity contribution in [2.75, 3.05) is 20.3 Å². The Bertz CT molecular complexity index is 639. The van der Waals surface area contributed by atoms with Crippen molar-refractivity contribution in [3.8, 4) is 23.7 Å². The van der Waals surface area contributed by atoms with Crippen LogP contribution in [0.25, 0.3) is 0 Å². The van der Waals surface area contributed by atoms with Crippen molar-refractivity contribution in [1.82, 2.24) is 0 Å². The maximum absolute atomic E-state index is 10.7. The van der Waals surface area contributed by atoms with E-state index in [0.717, 1.165) is 0 Å². The van der Waals surface area contributed by atoms with Crippen LogP contribution in [0.4, 0.5) is 0 Å². The monoisotopic (exact) mass is 302 g/mol. The summed E-state index contributed by atoms with van der Waals surface area (Å²) >= 11 is 0. The van der Waals surface area contributed by atoms with Crippen molar-refractivity contribution in [1.29, 1.82) is 0 Å². The Hall–Kier alpha value is -2.80. The Morgan fingerprint density at radius 3 is 2.23 bits per heavy atom. The molecule has 0 spiro atoms. The molecule has 1 unspecified atom stereocenters. The minimum atomic E-state index is -1.16. The van der Waals surface area contributed by atoms with Crippen molar-refractivity contribution in [3.05, 3.63) is 35.4 Å². The van der Waals surface area contributed by atoms with Crippen LogP contribution in [0.15, 0.2) is 24.3 Å². The normalized spacial score (nSPS) is 10.6. The summed E-state index contributed by atoms with van der Waals surface area (Å²) in [7, 11) is 1.28. The molecule has 1 rings (SSSR count). The van der Waals surface area contributed by atoms with E-state index in [1.807, 2.05) is 0 Å². The predicted octanol–water partition coefficient (Wildman–Crippen LogP) is 0.590. The molecule has 0 amide bonds. The minimum absolute atomic E-state index is 0.0297. The second-order valence-electron chi connectivity index (χ2n) is 3.99. The van der Waals surface area contributed by atoms with Crippen molar-refractivity contribution in [2.24, 2.45) is 0 Å². The largest absolute Gasteiger partial charge is 0.480 e. The Labute approximate surface area is 127 Å². The predicted molar refractivity (Wildman–Crippen MR) is 77.1 cm³/mol. The van der Waals surface area contributed by atoms with Crippen LogP contribution in [0.5, 0.6) is 0 Å². The third-order valence-electron chi connectivity index (χ3n) is 2.32. The van der Waals surface area contributed by atoms with Crippen LogP contribution in [0.3, 0.4) is 0 Å². The van der Waals surface area contributed by atoms with Crippen molar-refractivity contribution in [3.63, 3.8) is 0 Å². The molecule has 0 bridgehead atoms. The third-order valence-corrected chi connectivity index (χ3v) is 2.32. The number of carbonyl (C=O) groups is 2. The molecule has 1 aromatic carbocycles. The van der Waals surface area contributed by atoms with E-state index in [0.29, 0.717) is 11.1 Å². The van der Waals surface area contributed by atoms with E-state index in [9.17, 15) is 9.59 Å². The van der Waals surface area contributed by atoms with E-state index in [2.05, 4.69) is 23.7 Å². The zero-order valence-corrected chi connectivity index (χ0v) is 11.8. The van der Waals surface area contributed by atoms with Gasteiger partial charge in [-0.25, -0.2) is 9.59 Å². The maximum Gasteiger partial charge on any atom is 0.345 e.